The van der Waals surface area contributed by atoms with Crippen LogP contribution in [0, 0.1) is 0 Å². The van der Waals surface area contributed by atoms with E-state index in [2.05, 4.69) is 9.88 Å². The molecule has 5 heteroatoms. The molecule has 3 N–H and O–H groups in total. The van der Waals surface area contributed by atoms with Crippen LogP contribution in [0.25, 0.3) is 10.9 Å². The van der Waals surface area contributed by atoms with Gasteiger partial charge in [-0.25, -0.2) is 0 Å². The molecule has 0 saturated heterocycles. The zero-order chi connectivity index (χ0) is 15.6. The van der Waals surface area contributed by atoms with Gasteiger partial charge in [-0.1, -0.05) is 30.4 Å². The quantitative estimate of drug-likeness (QED) is 0.831. The van der Waals surface area contributed by atoms with Gasteiger partial charge in [0.25, 0.3) is 0 Å². The second-order valence-electron chi connectivity index (χ2n) is 5.73. The number of thiocarbonyl (C=S) groups is 1. The van der Waals surface area contributed by atoms with E-state index in [-0.39, 0.29) is 0 Å². The molecule has 2 aromatic rings. The van der Waals surface area contributed by atoms with E-state index in [9.17, 15) is 5.11 Å². The van der Waals surface area contributed by atoms with Gasteiger partial charge in [-0.15, -0.1) is 0 Å². The number of nitrogens with zero attached hydrogens (tertiary/aromatic N) is 2. The molecular weight excluding hydrogens is 282 g/mol. The lowest BCUT2D eigenvalue weighted by molar-refractivity contribution is 0.0876. The zero-order valence-electron chi connectivity index (χ0n) is 12.6. The second-order valence-corrected chi connectivity index (χ2v) is 6.17. The number of hydrogen-bond acceptors (Lipinski definition) is 4. The lowest BCUT2D eigenvalue weighted by Crippen LogP contribution is -2.39. The highest BCUT2D eigenvalue weighted by Crippen LogP contribution is 2.30. The fourth-order valence-electron chi connectivity index (χ4n) is 2.46. The predicted molar refractivity (Wildman–Crippen MR) is 91.8 cm³/mol. The Hall–Kier alpha value is -1.72. The summed E-state index contributed by atoms with van der Waals surface area (Å²) in [5, 5.41) is 11.2. The first kappa shape index (κ1) is 15.7. The van der Waals surface area contributed by atoms with Crippen LogP contribution in [0.5, 0.6) is 0 Å². The molecule has 1 aromatic heterocycles. The molecule has 2 rings (SSSR count). The van der Waals surface area contributed by atoms with Crippen molar-refractivity contribution in [2.45, 2.75) is 26.4 Å². The summed E-state index contributed by atoms with van der Waals surface area (Å²) >= 11 is 5.17. The topological polar surface area (TPSA) is 62.4 Å². The van der Waals surface area contributed by atoms with Crippen LogP contribution in [0.2, 0.25) is 0 Å². The van der Waals surface area contributed by atoms with E-state index in [4.69, 9.17) is 18.0 Å². The highest BCUT2D eigenvalue weighted by Gasteiger charge is 2.22. The number of hydrogen-bond donors (Lipinski definition) is 2. The minimum Gasteiger partial charge on any atom is -0.389 e. The molecule has 4 nitrogen and oxygen atoms in total. The summed E-state index contributed by atoms with van der Waals surface area (Å²) in [5.74, 6) is 0. The van der Waals surface area contributed by atoms with Crippen LogP contribution in [0.15, 0.2) is 30.5 Å². The number of anilines is 1. The van der Waals surface area contributed by atoms with Crippen LogP contribution in [0.1, 0.15) is 26.3 Å². The van der Waals surface area contributed by atoms with Gasteiger partial charge in [-0.3, -0.25) is 4.98 Å². The molecule has 0 saturated carbocycles. The smallest absolute Gasteiger partial charge is 0.107 e. The predicted octanol–water partition coefficient (Wildman–Crippen LogP) is 2.47. The molecule has 112 valence electrons. The molecule has 0 unspecified atom stereocenters. The molecular formula is C16H21N3OS. The largest absolute Gasteiger partial charge is 0.389 e. The lowest BCUT2D eigenvalue weighted by Gasteiger charge is -2.32. The number of pyridine rings is 1. The zero-order valence-corrected chi connectivity index (χ0v) is 13.4. The van der Waals surface area contributed by atoms with Gasteiger partial charge in [0.15, 0.2) is 0 Å². The molecule has 0 aliphatic carbocycles. The molecule has 0 atom stereocenters. The van der Waals surface area contributed by atoms with Crippen molar-refractivity contribution < 1.29 is 5.11 Å². The number of fused-ring (bicyclic) bond motifs is 1. The van der Waals surface area contributed by atoms with Gasteiger partial charge in [0.2, 0.25) is 0 Å². The summed E-state index contributed by atoms with van der Waals surface area (Å²) < 4.78 is 0. The number of benzene rings is 1. The summed E-state index contributed by atoms with van der Waals surface area (Å²) in [6.45, 7) is 6.87. The Bertz CT molecular complexity index is 664. The number of likely N-dealkylation sites (N-methyl/N-ethyl adjacent to an activating group) is 1. The SMILES string of the molecule is CCN(CC(C)(C)O)c1c(C(N)=S)cnc2ccccc12. The van der Waals surface area contributed by atoms with Crippen LogP contribution in [-0.4, -0.2) is 33.8 Å². The summed E-state index contributed by atoms with van der Waals surface area (Å²) in [5.41, 5.74) is 7.63. The Labute approximate surface area is 130 Å². The summed E-state index contributed by atoms with van der Waals surface area (Å²) in [4.78, 5) is 6.83. The van der Waals surface area contributed by atoms with Crippen LogP contribution in [-0.2, 0) is 0 Å². The molecule has 0 spiro atoms. The number of nitrogens with two attached hydrogens (primary N) is 1. The van der Waals surface area contributed by atoms with Gasteiger partial charge < -0.3 is 15.7 Å². The Morgan fingerprint density at radius 2 is 2.05 bits per heavy atom. The first-order valence-corrected chi connectivity index (χ1v) is 7.39. The number of aromatic nitrogens is 1. The Morgan fingerprint density at radius 3 is 2.62 bits per heavy atom. The van der Waals surface area contributed by atoms with Crippen molar-refractivity contribution in [1.82, 2.24) is 4.98 Å². The third kappa shape index (κ3) is 3.49. The lowest BCUT2D eigenvalue weighted by atomic mass is 10.0. The van der Waals surface area contributed by atoms with Crippen molar-refractivity contribution in [3.63, 3.8) is 0 Å². The Balaban J connectivity index is 2.67. The van der Waals surface area contributed by atoms with Gasteiger partial charge in [-0.05, 0) is 26.8 Å². The van der Waals surface area contributed by atoms with Crippen molar-refractivity contribution >= 4 is 33.8 Å². The van der Waals surface area contributed by atoms with Crippen LogP contribution in [0.4, 0.5) is 5.69 Å². The molecule has 0 amide bonds. The van der Waals surface area contributed by atoms with Crippen molar-refractivity contribution in [1.29, 1.82) is 0 Å². The third-order valence-corrected chi connectivity index (χ3v) is 3.51. The minimum absolute atomic E-state index is 0.317. The summed E-state index contributed by atoms with van der Waals surface area (Å²) in [7, 11) is 0. The van der Waals surface area contributed by atoms with Gasteiger partial charge >= 0.3 is 0 Å². The van der Waals surface area contributed by atoms with E-state index < -0.39 is 5.60 Å². The first-order valence-electron chi connectivity index (χ1n) is 6.98. The standard InChI is InChI=1S/C16H21N3OS/c1-4-19(10-16(2,3)20)14-11-7-5-6-8-13(11)18-9-12(14)15(17)21/h5-9,20H,4,10H2,1-3H3,(H2,17,21). The molecule has 0 aliphatic rings. The van der Waals surface area contributed by atoms with Gasteiger partial charge in [-0.2, -0.15) is 0 Å². The molecule has 0 aliphatic heterocycles. The monoisotopic (exact) mass is 303 g/mol. The number of rotatable bonds is 5. The highest BCUT2D eigenvalue weighted by atomic mass is 32.1. The van der Waals surface area contributed by atoms with Gasteiger partial charge in [0.1, 0.15) is 4.99 Å². The van der Waals surface area contributed by atoms with Crippen molar-refractivity contribution in [3.8, 4) is 0 Å². The first-order chi connectivity index (χ1) is 9.83. The summed E-state index contributed by atoms with van der Waals surface area (Å²) in [6, 6.07) is 7.88. The molecule has 21 heavy (non-hydrogen) atoms. The van der Waals surface area contributed by atoms with Crippen LogP contribution < -0.4 is 10.6 Å². The minimum atomic E-state index is -0.812. The molecule has 0 radical (unpaired) electrons. The van der Waals surface area contributed by atoms with E-state index in [0.29, 0.717) is 11.5 Å². The van der Waals surface area contributed by atoms with Crippen molar-refractivity contribution in [2.75, 3.05) is 18.0 Å². The van der Waals surface area contributed by atoms with Crippen LogP contribution in [0.3, 0.4) is 0 Å². The third-order valence-electron chi connectivity index (χ3n) is 3.29. The molecule has 0 fully saturated rings. The Kier molecular flexibility index (Phi) is 4.44. The maximum atomic E-state index is 10.2. The van der Waals surface area contributed by atoms with E-state index in [1.807, 2.05) is 31.2 Å². The van der Waals surface area contributed by atoms with E-state index in [1.165, 1.54) is 0 Å². The highest BCUT2D eigenvalue weighted by molar-refractivity contribution is 7.80. The average molecular weight is 303 g/mol. The van der Waals surface area contributed by atoms with Crippen LogP contribution >= 0.6 is 12.2 Å². The summed E-state index contributed by atoms with van der Waals surface area (Å²) in [6.07, 6.45) is 1.72. The van der Waals surface area contributed by atoms with Gasteiger partial charge in [0, 0.05) is 24.7 Å². The maximum absolute atomic E-state index is 10.2. The van der Waals surface area contributed by atoms with E-state index in [1.54, 1.807) is 20.0 Å². The normalized spacial score (nSPS) is 11.6. The number of aliphatic hydroxyl groups is 1. The van der Waals surface area contributed by atoms with Crippen molar-refractivity contribution in [3.05, 3.63) is 36.0 Å². The molecule has 1 aromatic carbocycles. The maximum Gasteiger partial charge on any atom is 0.107 e. The Morgan fingerprint density at radius 1 is 1.38 bits per heavy atom. The molecule has 0 bridgehead atoms. The second kappa shape index (κ2) is 5.95. The fraction of sp³-hybridized carbons (Fsp3) is 0.375. The molecule has 1 heterocycles. The van der Waals surface area contributed by atoms with E-state index in [0.717, 1.165) is 28.7 Å². The van der Waals surface area contributed by atoms with E-state index >= 15 is 0 Å². The average Bonchev–Trinajstić information content (AvgIpc) is 2.42. The fourth-order valence-corrected chi connectivity index (χ4v) is 2.61. The van der Waals surface area contributed by atoms with Gasteiger partial charge in [0.05, 0.1) is 22.4 Å². The van der Waals surface area contributed by atoms with Crippen molar-refractivity contribution in [2.24, 2.45) is 5.73 Å². The number of para-hydroxylation sites is 1.